The van der Waals surface area contributed by atoms with Crippen LogP contribution in [0.4, 0.5) is 0 Å². The van der Waals surface area contributed by atoms with Crippen molar-refractivity contribution in [3.8, 4) is 0 Å². The molecule has 0 saturated carbocycles. The highest BCUT2D eigenvalue weighted by atomic mass is 79.9. The van der Waals surface area contributed by atoms with E-state index in [1.54, 1.807) is 0 Å². The van der Waals surface area contributed by atoms with Gasteiger partial charge in [-0.25, -0.2) is 0 Å². The van der Waals surface area contributed by atoms with E-state index in [0.29, 0.717) is 12.6 Å². The van der Waals surface area contributed by atoms with Crippen molar-refractivity contribution in [2.45, 2.75) is 31.1 Å². The van der Waals surface area contributed by atoms with Crippen molar-refractivity contribution in [1.82, 2.24) is 4.90 Å². The highest BCUT2D eigenvalue weighted by Crippen LogP contribution is 2.07. The number of rotatable bonds is 5. The second-order valence-electron chi connectivity index (χ2n) is 3.19. The minimum absolute atomic E-state index is 0.213. The van der Waals surface area contributed by atoms with Gasteiger partial charge in [0.2, 0.25) is 0 Å². The lowest BCUT2D eigenvalue weighted by molar-refractivity contribution is -0.140. The fourth-order valence-corrected chi connectivity index (χ4v) is 1.59. The largest absolute Gasteiger partial charge is 0.468 e. The standard InChI is InChI=1S/C9H18BrNO2/c1-5-7(2)11(3)6-8(10)9(12)13-4/h7-8H,5-6H2,1-4H3. The number of esters is 1. The van der Waals surface area contributed by atoms with Gasteiger partial charge >= 0.3 is 5.97 Å². The Labute approximate surface area is 88.6 Å². The highest BCUT2D eigenvalue weighted by molar-refractivity contribution is 9.10. The van der Waals surface area contributed by atoms with Crippen LogP contribution in [0.3, 0.4) is 0 Å². The van der Waals surface area contributed by atoms with Gasteiger partial charge in [-0.1, -0.05) is 22.9 Å². The first-order chi connectivity index (χ1) is 6.02. The summed E-state index contributed by atoms with van der Waals surface area (Å²) in [5.74, 6) is -0.213. The van der Waals surface area contributed by atoms with Gasteiger partial charge in [0.15, 0.2) is 0 Å². The molecule has 0 spiro atoms. The zero-order valence-electron chi connectivity index (χ0n) is 8.71. The molecule has 3 nitrogen and oxygen atoms in total. The summed E-state index contributed by atoms with van der Waals surface area (Å²) in [6, 6.07) is 0.490. The third kappa shape index (κ3) is 4.62. The van der Waals surface area contributed by atoms with Crippen LogP contribution in [-0.2, 0) is 9.53 Å². The van der Waals surface area contributed by atoms with Crippen LogP contribution in [0.2, 0.25) is 0 Å². The van der Waals surface area contributed by atoms with Crippen molar-refractivity contribution >= 4 is 21.9 Å². The smallest absolute Gasteiger partial charge is 0.320 e. The monoisotopic (exact) mass is 251 g/mol. The van der Waals surface area contributed by atoms with Crippen LogP contribution in [0.1, 0.15) is 20.3 Å². The SMILES string of the molecule is CCC(C)N(C)CC(Br)C(=O)OC. The van der Waals surface area contributed by atoms with Crippen LogP contribution in [-0.4, -0.2) is 42.4 Å². The molecule has 0 fully saturated rings. The second kappa shape index (κ2) is 6.38. The molecule has 0 amide bonds. The summed E-state index contributed by atoms with van der Waals surface area (Å²) in [5.41, 5.74) is 0. The minimum Gasteiger partial charge on any atom is -0.468 e. The summed E-state index contributed by atoms with van der Waals surface area (Å²) in [5, 5.41) is 0. The van der Waals surface area contributed by atoms with Crippen molar-refractivity contribution in [2.75, 3.05) is 20.7 Å². The molecule has 0 rings (SSSR count). The Morgan fingerprint density at radius 2 is 2.15 bits per heavy atom. The minimum atomic E-state index is -0.225. The Morgan fingerprint density at radius 1 is 1.62 bits per heavy atom. The Hall–Kier alpha value is -0.0900. The van der Waals surface area contributed by atoms with Gasteiger partial charge < -0.3 is 9.64 Å². The first-order valence-electron chi connectivity index (χ1n) is 4.45. The summed E-state index contributed by atoms with van der Waals surface area (Å²) in [6.45, 7) is 4.95. The summed E-state index contributed by atoms with van der Waals surface area (Å²) < 4.78 is 4.61. The van der Waals surface area contributed by atoms with Crippen molar-refractivity contribution in [2.24, 2.45) is 0 Å². The molecule has 0 aliphatic rings. The van der Waals surface area contributed by atoms with Gasteiger partial charge in [-0.05, 0) is 20.4 Å². The molecule has 4 heteroatoms. The van der Waals surface area contributed by atoms with Gasteiger partial charge in [0, 0.05) is 12.6 Å². The van der Waals surface area contributed by atoms with E-state index in [9.17, 15) is 4.79 Å². The molecule has 2 atom stereocenters. The topological polar surface area (TPSA) is 29.5 Å². The first-order valence-corrected chi connectivity index (χ1v) is 5.36. The maximum Gasteiger partial charge on any atom is 0.320 e. The lowest BCUT2D eigenvalue weighted by Gasteiger charge is -2.24. The Bertz CT molecular complexity index is 164. The van der Waals surface area contributed by atoms with E-state index in [1.165, 1.54) is 7.11 Å². The number of nitrogens with zero attached hydrogens (tertiary/aromatic N) is 1. The molecular weight excluding hydrogens is 234 g/mol. The molecular formula is C9H18BrNO2. The fourth-order valence-electron chi connectivity index (χ4n) is 0.947. The van der Waals surface area contributed by atoms with E-state index >= 15 is 0 Å². The molecule has 13 heavy (non-hydrogen) atoms. The van der Waals surface area contributed by atoms with Crippen LogP contribution in [0, 0.1) is 0 Å². The number of ether oxygens (including phenoxy) is 1. The van der Waals surface area contributed by atoms with Crippen molar-refractivity contribution in [1.29, 1.82) is 0 Å². The predicted octanol–water partition coefficient (Wildman–Crippen LogP) is 1.65. The van der Waals surface area contributed by atoms with E-state index in [1.807, 2.05) is 7.05 Å². The average molecular weight is 252 g/mol. The number of halogens is 1. The molecule has 0 aromatic heterocycles. The number of methoxy groups -OCH3 is 1. The van der Waals surface area contributed by atoms with Gasteiger partial charge in [0.05, 0.1) is 7.11 Å². The number of hydrogen-bond acceptors (Lipinski definition) is 3. The third-order valence-electron chi connectivity index (χ3n) is 2.25. The molecule has 0 radical (unpaired) electrons. The molecule has 0 aliphatic heterocycles. The zero-order valence-corrected chi connectivity index (χ0v) is 10.3. The van der Waals surface area contributed by atoms with E-state index in [2.05, 4.69) is 39.4 Å². The number of hydrogen-bond donors (Lipinski definition) is 0. The van der Waals surface area contributed by atoms with Gasteiger partial charge in [-0.15, -0.1) is 0 Å². The molecule has 0 aromatic rings. The van der Waals surface area contributed by atoms with E-state index in [0.717, 1.165) is 6.42 Å². The molecule has 0 aromatic carbocycles. The summed E-state index contributed by atoms with van der Waals surface area (Å²) in [4.78, 5) is 13.0. The van der Waals surface area contributed by atoms with E-state index < -0.39 is 0 Å². The lowest BCUT2D eigenvalue weighted by Crippen LogP contribution is -2.36. The Morgan fingerprint density at radius 3 is 2.54 bits per heavy atom. The zero-order chi connectivity index (χ0) is 10.4. The number of carbonyl (C=O) groups is 1. The first kappa shape index (κ1) is 12.9. The number of carbonyl (C=O) groups excluding carboxylic acids is 1. The van der Waals surface area contributed by atoms with Gasteiger partial charge in [0.25, 0.3) is 0 Å². The molecule has 0 saturated heterocycles. The molecule has 0 bridgehead atoms. The normalized spacial score (nSPS) is 15.5. The summed E-state index contributed by atoms with van der Waals surface area (Å²) in [6.07, 6.45) is 1.08. The van der Waals surface area contributed by atoms with E-state index in [-0.39, 0.29) is 10.8 Å². The lowest BCUT2D eigenvalue weighted by atomic mass is 10.2. The second-order valence-corrected chi connectivity index (χ2v) is 4.29. The van der Waals surface area contributed by atoms with Crippen LogP contribution in [0.25, 0.3) is 0 Å². The molecule has 0 N–H and O–H groups in total. The van der Waals surface area contributed by atoms with E-state index in [4.69, 9.17) is 0 Å². The van der Waals surface area contributed by atoms with Gasteiger partial charge in [-0.3, -0.25) is 4.79 Å². The van der Waals surface area contributed by atoms with Crippen LogP contribution in [0.5, 0.6) is 0 Å². The third-order valence-corrected chi connectivity index (χ3v) is 2.91. The Kier molecular flexibility index (Phi) is 6.33. The van der Waals surface area contributed by atoms with Crippen LogP contribution < -0.4 is 0 Å². The summed E-state index contributed by atoms with van der Waals surface area (Å²) >= 11 is 3.29. The number of alkyl halides is 1. The van der Waals surface area contributed by atoms with Crippen LogP contribution >= 0.6 is 15.9 Å². The maximum absolute atomic E-state index is 11.1. The van der Waals surface area contributed by atoms with Gasteiger partial charge in [0.1, 0.15) is 4.83 Å². The highest BCUT2D eigenvalue weighted by Gasteiger charge is 2.19. The predicted molar refractivity (Wildman–Crippen MR) is 57.1 cm³/mol. The Balaban J connectivity index is 3.90. The summed E-state index contributed by atoms with van der Waals surface area (Å²) in [7, 11) is 3.41. The van der Waals surface area contributed by atoms with Crippen molar-refractivity contribution in [3.05, 3.63) is 0 Å². The quantitative estimate of drug-likeness (QED) is 0.550. The van der Waals surface area contributed by atoms with Gasteiger partial charge in [-0.2, -0.15) is 0 Å². The van der Waals surface area contributed by atoms with Crippen molar-refractivity contribution in [3.63, 3.8) is 0 Å². The maximum atomic E-state index is 11.1. The van der Waals surface area contributed by atoms with Crippen LogP contribution in [0.15, 0.2) is 0 Å². The molecule has 0 heterocycles. The molecule has 2 unspecified atom stereocenters. The van der Waals surface area contributed by atoms with Crippen molar-refractivity contribution < 1.29 is 9.53 Å². The molecule has 78 valence electrons. The average Bonchev–Trinajstić information content (AvgIpc) is 2.14. The fraction of sp³-hybridized carbons (Fsp3) is 0.889. The molecule has 0 aliphatic carbocycles.